The van der Waals surface area contributed by atoms with Gasteiger partial charge in [0.15, 0.2) is 5.58 Å². The Labute approximate surface area is 163 Å². The molecule has 0 radical (unpaired) electrons. The van der Waals surface area contributed by atoms with Crippen molar-refractivity contribution < 1.29 is 18.7 Å². The van der Waals surface area contributed by atoms with Crippen LogP contribution in [0.4, 0.5) is 10.1 Å². The summed E-state index contributed by atoms with van der Waals surface area (Å²) in [5.74, 6) is -1.58. The van der Waals surface area contributed by atoms with Crippen LogP contribution in [0.15, 0.2) is 46.9 Å². The second kappa shape index (κ2) is 7.64. The van der Waals surface area contributed by atoms with Crippen molar-refractivity contribution >= 4 is 22.6 Å². The van der Waals surface area contributed by atoms with Crippen molar-refractivity contribution in [1.29, 1.82) is 0 Å². The molecule has 146 valence electrons. The molecule has 1 aliphatic heterocycles. The van der Waals surface area contributed by atoms with Gasteiger partial charge in [-0.2, -0.15) is 0 Å². The Morgan fingerprint density at radius 2 is 1.86 bits per heavy atom. The molecule has 4 rings (SSSR count). The van der Waals surface area contributed by atoms with Crippen LogP contribution in [-0.4, -0.2) is 42.2 Å². The van der Waals surface area contributed by atoms with Crippen LogP contribution in [0.2, 0.25) is 0 Å². The summed E-state index contributed by atoms with van der Waals surface area (Å²) in [4.78, 5) is 16.0. The van der Waals surface area contributed by atoms with Crippen molar-refractivity contribution in [3.8, 4) is 0 Å². The fourth-order valence-electron chi connectivity index (χ4n) is 3.94. The molecule has 1 aromatic heterocycles. The third kappa shape index (κ3) is 3.47. The number of carboxylic acids is 1. The number of fused-ring (bicyclic) bond motifs is 1. The van der Waals surface area contributed by atoms with Crippen LogP contribution in [0.25, 0.3) is 11.0 Å². The molecule has 1 saturated heterocycles. The van der Waals surface area contributed by atoms with E-state index in [1.807, 2.05) is 25.1 Å². The van der Waals surface area contributed by atoms with Gasteiger partial charge < -0.3 is 14.4 Å². The van der Waals surface area contributed by atoms with Gasteiger partial charge in [0.25, 0.3) is 0 Å². The van der Waals surface area contributed by atoms with Crippen LogP contribution in [0.1, 0.15) is 28.6 Å². The maximum Gasteiger partial charge on any atom is 0.372 e. The molecule has 2 heterocycles. The first-order valence-corrected chi connectivity index (χ1v) is 9.56. The summed E-state index contributed by atoms with van der Waals surface area (Å²) in [7, 11) is 0. The largest absolute Gasteiger partial charge is 0.475 e. The lowest BCUT2D eigenvalue weighted by Gasteiger charge is -2.36. The summed E-state index contributed by atoms with van der Waals surface area (Å²) in [6.07, 6.45) is 0.475. The van der Waals surface area contributed by atoms with Crippen LogP contribution < -0.4 is 4.90 Å². The molecule has 0 atom stereocenters. The molecule has 28 heavy (non-hydrogen) atoms. The summed E-state index contributed by atoms with van der Waals surface area (Å²) in [6, 6.07) is 13.1. The highest BCUT2D eigenvalue weighted by Gasteiger charge is 2.25. The van der Waals surface area contributed by atoms with Gasteiger partial charge in [0.1, 0.15) is 5.82 Å². The standard InChI is InChI=1S/C22H23FN2O3/c1-2-17-18-12-16(23)13-19(20(18)28-21(17)22(26)27)25-10-8-24(9-11-25)14-15-6-4-3-5-7-15/h3-7,12-13H,2,8-11,14H2,1H3,(H,26,27). The first-order chi connectivity index (χ1) is 13.6. The molecule has 0 saturated carbocycles. The van der Waals surface area contributed by atoms with Gasteiger partial charge in [-0.3, -0.25) is 4.90 Å². The van der Waals surface area contributed by atoms with Crippen LogP contribution in [0.5, 0.6) is 0 Å². The van der Waals surface area contributed by atoms with Gasteiger partial charge >= 0.3 is 5.97 Å². The third-order valence-electron chi connectivity index (χ3n) is 5.35. The van der Waals surface area contributed by atoms with E-state index in [1.165, 1.54) is 17.7 Å². The average molecular weight is 382 g/mol. The van der Waals surface area contributed by atoms with E-state index >= 15 is 0 Å². The SMILES string of the molecule is CCc1c(C(=O)O)oc2c(N3CCN(Cc4ccccc4)CC3)cc(F)cc12. The Balaban J connectivity index is 1.59. The fraction of sp³-hybridized carbons (Fsp3) is 0.318. The van der Waals surface area contributed by atoms with Crippen LogP contribution in [0.3, 0.4) is 0 Å². The highest BCUT2D eigenvalue weighted by Crippen LogP contribution is 2.35. The summed E-state index contributed by atoms with van der Waals surface area (Å²) < 4.78 is 20.0. The van der Waals surface area contributed by atoms with E-state index < -0.39 is 5.97 Å². The maximum atomic E-state index is 14.3. The van der Waals surface area contributed by atoms with E-state index in [0.29, 0.717) is 28.6 Å². The van der Waals surface area contributed by atoms with E-state index in [-0.39, 0.29) is 11.6 Å². The molecule has 2 aromatic carbocycles. The molecule has 0 bridgehead atoms. The predicted molar refractivity (Wildman–Crippen MR) is 106 cm³/mol. The van der Waals surface area contributed by atoms with Crippen molar-refractivity contribution in [3.63, 3.8) is 0 Å². The van der Waals surface area contributed by atoms with Gasteiger partial charge in [0, 0.05) is 49.7 Å². The van der Waals surface area contributed by atoms with Gasteiger partial charge in [-0.15, -0.1) is 0 Å². The smallest absolute Gasteiger partial charge is 0.372 e. The zero-order chi connectivity index (χ0) is 19.7. The quantitative estimate of drug-likeness (QED) is 0.718. The van der Waals surface area contributed by atoms with E-state index in [1.54, 1.807) is 0 Å². The number of aromatic carboxylic acids is 1. The molecule has 1 fully saturated rings. The molecule has 0 amide bonds. The topological polar surface area (TPSA) is 56.9 Å². The summed E-state index contributed by atoms with van der Waals surface area (Å²) in [6.45, 7) is 5.90. The number of hydrogen-bond acceptors (Lipinski definition) is 4. The van der Waals surface area contributed by atoms with E-state index in [9.17, 15) is 14.3 Å². The summed E-state index contributed by atoms with van der Waals surface area (Å²) >= 11 is 0. The molecule has 6 heteroatoms. The average Bonchev–Trinajstić information content (AvgIpc) is 3.07. The lowest BCUT2D eigenvalue weighted by Crippen LogP contribution is -2.46. The minimum absolute atomic E-state index is 0.0907. The molecule has 0 unspecified atom stereocenters. The molecular weight excluding hydrogens is 359 g/mol. The third-order valence-corrected chi connectivity index (χ3v) is 5.35. The highest BCUT2D eigenvalue weighted by atomic mass is 19.1. The van der Waals surface area contributed by atoms with Crippen molar-refractivity contribution in [2.45, 2.75) is 19.9 Å². The molecule has 1 aliphatic rings. The maximum absolute atomic E-state index is 14.3. The van der Waals surface area contributed by atoms with E-state index in [2.05, 4.69) is 21.9 Å². The lowest BCUT2D eigenvalue weighted by molar-refractivity contribution is 0.0663. The second-order valence-corrected chi connectivity index (χ2v) is 7.12. The number of carboxylic acid groups (broad SMARTS) is 1. The number of hydrogen-bond donors (Lipinski definition) is 1. The Bertz CT molecular complexity index is 992. The zero-order valence-electron chi connectivity index (χ0n) is 15.8. The van der Waals surface area contributed by atoms with Crippen LogP contribution >= 0.6 is 0 Å². The Morgan fingerprint density at radius 3 is 2.50 bits per heavy atom. The first kappa shape index (κ1) is 18.5. The summed E-state index contributed by atoms with van der Waals surface area (Å²) in [5, 5.41) is 9.99. The minimum atomic E-state index is -1.12. The number of piperazine rings is 1. The Hall–Kier alpha value is -2.86. The van der Waals surface area contributed by atoms with Crippen molar-refractivity contribution in [2.24, 2.45) is 0 Å². The van der Waals surface area contributed by atoms with Crippen molar-refractivity contribution in [2.75, 3.05) is 31.1 Å². The molecular formula is C22H23FN2O3. The molecule has 0 spiro atoms. The van der Waals surface area contributed by atoms with Gasteiger partial charge in [0.05, 0.1) is 5.69 Å². The minimum Gasteiger partial charge on any atom is -0.475 e. The zero-order valence-corrected chi connectivity index (χ0v) is 15.8. The van der Waals surface area contributed by atoms with Crippen molar-refractivity contribution in [3.05, 3.63) is 65.2 Å². The molecule has 1 N–H and O–H groups in total. The van der Waals surface area contributed by atoms with Gasteiger partial charge in [-0.05, 0) is 18.1 Å². The Kier molecular flexibility index (Phi) is 5.05. The van der Waals surface area contributed by atoms with Crippen molar-refractivity contribution in [1.82, 2.24) is 4.90 Å². The second-order valence-electron chi connectivity index (χ2n) is 7.12. The normalized spacial score (nSPS) is 15.3. The van der Waals surface area contributed by atoms with E-state index in [0.717, 1.165) is 32.7 Å². The van der Waals surface area contributed by atoms with Gasteiger partial charge in [-0.1, -0.05) is 37.3 Å². The number of benzene rings is 2. The number of anilines is 1. The monoisotopic (exact) mass is 382 g/mol. The van der Waals surface area contributed by atoms with Gasteiger partial charge in [0.2, 0.25) is 5.76 Å². The highest BCUT2D eigenvalue weighted by molar-refractivity contribution is 5.99. The summed E-state index contributed by atoms with van der Waals surface area (Å²) in [5.41, 5.74) is 2.92. The number of carbonyl (C=O) groups is 1. The van der Waals surface area contributed by atoms with E-state index in [4.69, 9.17) is 4.42 Å². The Morgan fingerprint density at radius 1 is 1.14 bits per heavy atom. The number of furan rings is 1. The molecule has 5 nitrogen and oxygen atoms in total. The fourth-order valence-corrected chi connectivity index (χ4v) is 3.94. The first-order valence-electron chi connectivity index (χ1n) is 9.56. The molecule has 0 aliphatic carbocycles. The number of rotatable bonds is 5. The number of halogens is 1. The molecule has 3 aromatic rings. The number of nitrogens with zero attached hydrogens (tertiary/aromatic N) is 2. The lowest BCUT2D eigenvalue weighted by atomic mass is 10.1. The predicted octanol–water partition coefficient (Wildman–Crippen LogP) is 4.15. The van der Waals surface area contributed by atoms with Crippen LogP contribution in [0, 0.1) is 5.82 Å². The van der Waals surface area contributed by atoms with Gasteiger partial charge in [-0.25, -0.2) is 9.18 Å². The number of aryl methyl sites for hydroxylation is 1. The van der Waals surface area contributed by atoms with Crippen LogP contribution in [-0.2, 0) is 13.0 Å².